The lowest BCUT2D eigenvalue weighted by Gasteiger charge is -2.10. The summed E-state index contributed by atoms with van der Waals surface area (Å²) in [5, 5.41) is 21.0. The predicted molar refractivity (Wildman–Crippen MR) is 122 cm³/mol. The van der Waals surface area contributed by atoms with Crippen LogP contribution in [0.2, 0.25) is 0 Å². The van der Waals surface area contributed by atoms with Crippen LogP contribution in [0.5, 0.6) is 0 Å². The first-order valence-electron chi connectivity index (χ1n) is 9.69. The van der Waals surface area contributed by atoms with Gasteiger partial charge in [0.15, 0.2) is 11.0 Å². The first-order valence-corrected chi connectivity index (χ1v) is 10.7. The SMILES string of the molecule is N#CCc1ccc(NC(=O)CSc2nnc(-c3ccccc3)n2-c2ccccc2)cc1. The largest absolute Gasteiger partial charge is 0.325 e. The summed E-state index contributed by atoms with van der Waals surface area (Å²) in [5.41, 5.74) is 3.50. The Kier molecular flexibility index (Phi) is 6.41. The molecule has 0 bridgehead atoms. The molecule has 0 aliphatic rings. The van der Waals surface area contributed by atoms with Crippen molar-refractivity contribution >= 4 is 23.4 Å². The van der Waals surface area contributed by atoms with E-state index in [1.807, 2.05) is 77.4 Å². The van der Waals surface area contributed by atoms with Crippen LogP contribution in [-0.2, 0) is 11.2 Å². The number of carbonyl (C=O) groups excluding carboxylic acids is 1. The normalized spacial score (nSPS) is 10.4. The average molecular weight is 426 g/mol. The van der Waals surface area contributed by atoms with E-state index in [2.05, 4.69) is 21.6 Å². The molecule has 4 rings (SSSR count). The number of rotatable bonds is 7. The van der Waals surface area contributed by atoms with Crippen LogP contribution < -0.4 is 5.32 Å². The van der Waals surface area contributed by atoms with Gasteiger partial charge in [-0.2, -0.15) is 5.26 Å². The fraction of sp³-hybridized carbons (Fsp3) is 0.0833. The number of amides is 1. The molecule has 1 N–H and O–H groups in total. The quantitative estimate of drug-likeness (QED) is 0.433. The predicted octanol–water partition coefficient (Wildman–Crippen LogP) is 4.73. The molecule has 1 amide bonds. The molecule has 3 aromatic carbocycles. The number of aromatic nitrogens is 3. The molecule has 0 spiro atoms. The lowest BCUT2D eigenvalue weighted by atomic mass is 10.1. The topological polar surface area (TPSA) is 83.6 Å². The van der Waals surface area contributed by atoms with E-state index < -0.39 is 0 Å². The van der Waals surface area contributed by atoms with E-state index >= 15 is 0 Å². The van der Waals surface area contributed by atoms with Gasteiger partial charge in [0.25, 0.3) is 0 Å². The maximum atomic E-state index is 12.5. The molecule has 0 saturated carbocycles. The molecule has 4 aromatic rings. The molecule has 7 heteroatoms. The maximum Gasteiger partial charge on any atom is 0.234 e. The van der Waals surface area contributed by atoms with Crippen molar-refractivity contribution in [3.8, 4) is 23.1 Å². The van der Waals surface area contributed by atoms with E-state index in [4.69, 9.17) is 5.26 Å². The van der Waals surface area contributed by atoms with Crippen molar-refractivity contribution in [1.29, 1.82) is 5.26 Å². The molecule has 0 atom stereocenters. The van der Waals surface area contributed by atoms with Crippen molar-refractivity contribution in [2.75, 3.05) is 11.1 Å². The van der Waals surface area contributed by atoms with Gasteiger partial charge in [0.2, 0.25) is 5.91 Å². The average Bonchev–Trinajstić information content (AvgIpc) is 3.24. The first kappa shape index (κ1) is 20.4. The summed E-state index contributed by atoms with van der Waals surface area (Å²) in [6.45, 7) is 0. The van der Waals surface area contributed by atoms with Crippen molar-refractivity contribution < 1.29 is 4.79 Å². The van der Waals surface area contributed by atoms with Crippen LogP contribution in [0.15, 0.2) is 90.1 Å². The zero-order chi connectivity index (χ0) is 21.5. The highest BCUT2D eigenvalue weighted by molar-refractivity contribution is 7.99. The van der Waals surface area contributed by atoms with Gasteiger partial charge in [0.1, 0.15) is 0 Å². The third-order valence-corrected chi connectivity index (χ3v) is 5.46. The van der Waals surface area contributed by atoms with E-state index in [1.54, 1.807) is 12.1 Å². The minimum Gasteiger partial charge on any atom is -0.325 e. The standard InChI is InChI=1S/C24H19N5OS/c25-16-15-18-11-13-20(14-12-18)26-22(30)17-31-24-28-27-23(19-7-3-1-4-8-19)29(24)21-9-5-2-6-10-21/h1-14H,15,17H2,(H,26,30). The van der Waals surface area contributed by atoms with E-state index in [0.717, 1.165) is 22.6 Å². The number of nitrogens with zero attached hydrogens (tertiary/aromatic N) is 4. The molecule has 0 saturated heterocycles. The lowest BCUT2D eigenvalue weighted by molar-refractivity contribution is -0.113. The van der Waals surface area contributed by atoms with Gasteiger partial charge in [-0.05, 0) is 29.8 Å². The van der Waals surface area contributed by atoms with E-state index in [9.17, 15) is 4.79 Å². The summed E-state index contributed by atoms with van der Waals surface area (Å²) in [6.07, 6.45) is 0.350. The summed E-state index contributed by atoms with van der Waals surface area (Å²) < 4.78 is 1.96. The molecule has 0 unspecified atom stereocenters. The zero-order valence-corrected chi connectivity index (χ0v) is 17.4. The maximum absolute atomic E-state index is 12.5. The van der Waals surface area contributed by atoms with Gasteiger partial charge >= 0.3 is 0 Å². The molecule has 1 aromatic heterocycles. The lowest BCUT2D eigenvalue weighted by Crippen LogP contribution is -2.14. The first-order chi connectivity index (χ1) is 15.2. The zero-order valence-electron chi connectivity index (χ0n) is 16.6. The Hall–Kier alpha value is -3.89. The Labute approximate surface area is 184 Å². The molecule has 0 aliphatic carbocycles. The molecular weight excluding hydrogens is 406 g/mol. The van der Waals surface area contributed by atoms with Crippen molar-refractivity contribution in [2.24, 2.45) is 0 Å². The van der Waals surface area contributed by atoms with Crippen LogP contribution in [0.1, 0.15) is 5.56 Å². The van der Waals surface area contributed by atoms with Crippen molar-refractivity contribution in [2.45, 2.75) is 11.6 Å². The van der Waals surface area contributed by atoms with Gasteiger partial charge in [-0.1, -0.05) is 72.4 Å². The van der Waals surface area contributed by atoms with Crippen LogP contribution in [0, 0.1) is 11.3 Å². The Balaban J connectivity index is 1.51. The van der Waals surface area contributed by atoms with Gasteiger partial charge < -0.3 is 5.32 Å². The Bertz CT molecular complexity index is 1200. The number of nitriles is 1. The Morgan fingerprint density at radius 2 is 1.61 bits per heavy atom. The monoisotopic (exact) mass is 425 g/mol. The number of anilines is 1. The Morgan fingerprint density at radius 3 is 2.29 bits per heavy atom. The molecule has 152 valence electrons. The van der Waals surface area contributed by atoms with Crippen LogP contribution in [0.25, 0.3) is 17.1 Å². The number of benzene rings is 3. The fourth-order valence-electron chi connectivity index (χ4n) is 3.07. The number of nitrogens with one attached hydrogen (secondary N) is 1. The van der Waals surface area contributed by atoms with Crippen molar-refractivity contribution in [3.05, 3.63) is 90.5 Å². The number of thioether (sulfide) groups is 1. The number of carbonyl (C=O) groups is 1. The van der Waals surface area contributed by atoms with Crippen LogP contribution in [-0.4, -0.2) is 26.4 Å². The minimum absolute atomic E-state index is 0.137. The van der Waals surface area contributed by atoms with Gasteiger partial charge in [0.05, 0.1) is 18.2 Å². The highest BCUT2D eigenvalue weighted by atomic mass is 32.2. The number of hydrogen-bond acceptors (Lipinski definition) is 5. The van der Waals surface area contributed by atoms with E-state index in [0.29, 0.717) is 17.3 Å². The smallest absolute Gasteiger partial charge is 0.234 e. The summed E-state index contributed by atoms with van der Waals surface area (Å²) in [6, 6.07) is 29.1. The van der Waals surface area contributed by atoms with Crippen LogP contribution in [0.3, 0.4) is 0 Å². The summed E-state index contributed by atoms with van der Waals surface area (Å²) in [4.78, 5) is 12.5. The van der Waals surface area contributed by atoms with Crippen LogP contribution in [0.4, 0.5) is 5.69 Å². The Morgan fingerprint density at radius 1 is 0.935 bits per heavy atom. The highest BCUT2D eigenvalue weighted by Gasteiger charge is 2.17. The highest BCUT2D eigenvalue weighted by Crippen LogP contribution is 2.27. The molecule has 0 radical (unpaired) electrons. The summed E-state index contributed by atoms with van der Waals surface area (Å²) >= 11 is 1.33. The summed E-state index contributed by atoms with van der Waals surface area (Å²) in [7, 11) is 0. The number of hydrogen-bond donors (Lipinski definition) is 1. The molecule has 31 heavy (non-hydrogen) atoms. The second-order valence-electron chi connectivity index (χ2n) is 6.71. The molecule has 0 fully saturated rings. The van der Waals surface area contributed by atoms with E-state index in [-0.39, 0.29) is 11.7 Å². The molecule has 0 aliphatic heterocycles. The second kappa shape index (κ2) is 9.74. The van der Waals surface area contributed by atoms with E-state index in [1.165, 1.54) is 11.8 Å². The van der Waals surface area contributed by atoms with Gasteiger partial charge in [-0.3, -0.25) is 9.36 Å². The third-order valence-electron chi connectivity index (χ3n) is 4.53. The van der Waals surface area contributed by atoms with Gasteiger partial charge in [-0.25, -0.2) is 0 Å². The molecular formula is C24H19N5OS. The molecule has 1 heterocycles. The van der Waals surface area contributed by atoms with Crippen molar-refractivity contribution in [1.82, 2.24) is 14.8 Å². The fourth-order valence-corrected chi connectivity index (χ4v) is 3.82. The third kappa shape index (κ3) is 5.00. The summed E-state index contributed by atoms with van der Waals surface area (Å²) in [5.74, 6) is 0.782. The van der Waals surface area contributed by atoms with Gasteiger partial charge in [-0.15, -0.1) is 10.2 Å². The van der Waals surface area contributed by atoms with Gasteiger partial charge in [0, 0.05) is 16.9 Å². The van der Waals surface area contributed by atoms with Crippen molar-refractivity contribution in [3.63, 3.8) is 0 Å². The minimum atomic E-state index is -0.137. The van der Waals surface area contributed by atoms with Crippen LogP contribution >= 0.6 is 11.8 Å². The second-order valence-corrected chi connectivity index (χ2v) is 7.65. The number of para-hydroxylation sites is 1. The molecule has 6 nitrogen and oxygen atoms in total.